The number of benzene rings is 1. The monoisotopic (exact) mass is 321 g/mol. The Balaban J connectivity index is 2.46. The van der Waals surface area contributed by atoms with E-state index in [-0.39, 0.29) is 0 Å². The molecule has 0 atom stereocenters. The lowest BCUT2D eigenvalue weighted by molar-refractivity contribution is 0.114. The summed E-state index contributed by atoms with van der Waals surface area (Å²) < 4.78 is 31.6. The largest absolute Gasteiger partial charge is 0.379 e. The van der Waals surface area contributed by atoms with Gasteiger partial charge in [-0.05, 0) is 12.6 Å². The minimum atomic E-state index is -0.542. The van der Waals surface area contributed by atoms with Crippen molar-refractivity contribution in [3.8, 4) is 0 Å². The number of nitrogens with zero attached hydrogens (tertiary/aromatic N) is 1. The van der Waals surface area contributed by atoms with Crippen molar-refractivity contribution in [1.82, 2.24) is 4.90 Å². The van der Waals surface area contributed by atoms with Gasteiger partial charge < -0.3 is 4.74 Å². The molecule has 0 saturated carbocycles. The van der Waals surface area contributed by atoms with Crippen LogP contribution in [0.1, 0.15) is 12.5 Å². The van der Waals surface area contributed by atoms with Gasteiger partial charge in [0.25, 0.3) is 0 Å². The molecule has 2 nitrogen and oxygen atoms in total. The number of hydrogen-bond acceptors (Lipinski definition) is 2. The molecule has 0 amide bonds. The molecule has 0 aliphatic heterocycles. The maximum Gasteiger partial charge on any atom is 0.130 e. The molecule has 1 aromatic carbocycles. The summed E-state index contributed by atoms with van der Waals surface area (Å²) in [6, 6.07) is 3.70. The number of likely N-dealkylation sites (N-methyl/N-ethyl adjacent to an activating group) is 1. The molecule has 18 heavy (non-hydrogen) atoms. The number of rotatable bonds is 8. The molecule has 0 spiro atoms. The Labute approximate surface area is 115 Å². The van der Waals surface area contributed by atoms with E-state index in [2.05, 4.69) is 20.8 Å². The maximum absolute atomic E-state index is 13.5. The van der Waals surface area contributed by atoms with Crippen molar-refractivity contribution in [1.29, 1.82) is 0 Å². The Bertz CT molecular complexity index is 363. The van der Waals surface area contributed by atoms with Crippen molar-refractivity contribution in [3.63, 3.8) is 0 Å². The zero-order chi connectivity index (χ0) is 13.4. The summed E-state index contributed by atoms with van der Waals surface area (Å²) in [5.74, 6) is -1.03. The number of halogens is 3. The summed E-state index contributed by atoms with van der Waals surface area (Å²) >= 11 is 3.28. The molecule has 0 heterocycles. The van der Waals surface area contributed by atoms with E-state index in [1.807, 2.05) is 6.92 Å². The van der Waals surface area contributed by atoms with Crippen molar-refractivity contribution in [2.24, 2.45) is 0 Å². The van der Waals surface area contributed by atoms with Crippen LogP contribution in [0.4, 0.5) is 8.78 Å². The third-order valence-electron chi connectivity index (χ3n) is 2.63. The fraction of sp³-hybridized carbons (Fsp3) is 0.538. The lowest BCUT2D eigenvalue weighted by Gasteiger charge is -2.20. The molecule has 0 aromatic heterocycles. The summed E-state index contributed by atoms with van der Waals surface area (Å²) in [4.78, 5) is 2.06. The predicted molar refractivity (Wildman–Crippen MR) is 71.9 cm³/mol. The third-order valence-corrected chi connectivity index (χ3v) is 2.95. The van der Waals surface area contributed by atoms with E-state index in [9.17, 15) is 8.78 Å². The van der Waals surface area contributed by atoms with Crippen LogP contribution in [0.15, 0.2) is 18.2 Å². The highest BCUT2D eigenvalue weighted by Gasteiger charge is 2.08. The van der Waals surface area contributed by atoms with Crippen LogP contribution in [-0.4, -0.2) is 36.5 Å². The van der Waals surface area contributed by atoms with Gasteiger partial charge in [0.2, 0.25) is 0 Å². The topological polar surface area (TPSA) is 12.5 Å². The van der Waals surface area contributed by atoms with Gasteiger partial charge >= 0.3 is 0 Å². The van der Waals surface area contributed by atoms with Crippen molar-refractivity contribution in [2.75, 3.05) is 31.6 Å². The lowest BCUT2D eigenvalue weighted by atomic mass is 10.2. The Morgan fingerprint density at radius 1 is 1.28 bits per heavy atom. The van der Waals surface area contributed by atoms with Crippen molar-refractivity contribution < 1.29 is 13.5 Å². The molecule has 0 aliphatic carbocycles. The van der Waals surface area contributed by atoms with E-state index < -0.39 is 11.6 Å². The smallest absolute Gasteiger partial charge is 0.130 e. The van der Waals surface area contributed by atoms with Gasteiger partial charge in [0, 0.05) is 30.0 Å². The second-order valence-electron chi connectivity index (χ2n) is 3.91. The molecule has 5 heteroatoms. The molecule has 0 bridgehead atoms. The fourth-order valence-corrected chi connectivity index (χ4v) is 1.82. The van der Waals surface area contributed by atoms with Crippen molar-refractivity contribution in [3.05, 3.63) is 35.4 Å². The first kappa shape index (κ1) is 15.5. The molecule has 0 aliphatic rings. The maximum atomic E-state index is 13.5. The Morgan fingerprint density at radius 2 is 2.06 bits per heavy atom. The molecule has 0 saturated heterocycles. The number of ether oxygens (including phenoxy) is 1. The average molecular weight is 322 g/mol. The van der Waals surface area contributed by atoms with Gasteiger partial charge in [0.15, 0.2) is 0 Å². The van der Waals surface area contributed by atoms with Crippen LogP contribution in [-0.2, 0) is 11.3 Å². The van der Waals surface area contributed by atoms with E-state index in [0.29, 0.717) is 25.3 Å². The summed E-state index contributed by atoms with van der Waals surface area (Å²) in [5.41, 5.74) is 0.513. The van der Waals surface area contributed by atoms with Crippen LogP contribution in [0, 0.1) is 11.6 Å². The van der Waals surface area contributed by atoms with Crippen LogP contribution in [0.2, 0.25) is 0 Å². The van der Waals surface area contributed by atoms with E-state index in [0.717, 1.165) is 24.5 Å². The van der Waals surface area contributed by atoms with Crippen LogP contribution in [0.5, 0.6) is 0 Å². The first-order valence-electron chi connectivity index (χ1n) is 5.97. The SMILES string of the molecule is CCN(CCOCCBr)Cc1ccc(F)cc1F. The van der Waals surface area contributed by atoms with Gasteiger partial charge in [-0.25, -0.2) is 8.78 Å². The summed E-state index contributed by atoms with van der Waals surface area (Å²) in [7, 11) is 0. The first-order valence-corrected chi connectivity index (χ1v) is 7.09. The van der Waals surface area contributed by atoms with Gasteiger partial charge in [-0.15, -0.1) is 0 Å². The van der Waals surface area contributed by atoms with Crippen LogP contribution in [0.25, 0.3) is 0 Å². The molecule has 0 fully saturated rings. The third kappa shape index (κ3) is 5.42. The molecule has 0 unspecified atom stereocenters. The van der Waals surface area contributed by atoms with Gasteiger partial charge in [0.05, 0.1) is 13.2 Å². The van der Waals surface area contributed by atoms with Gasteiger partial charge in [-0.2, -0.15) is 0 Å². The van der Waals surface area contributed by atoms with E-state index >= 15 is 0 Å². The highest BCUT2D eigenvalue weighted by molar-refractivity contribution is 9.09. The Hall–Kier alpha value is -0.520. The quantitative estimate of drug-likeness (QED) is 0.538. The average Bonchev–Trinajstić information content (AvgIpc) is 2.35. The summed E-state index contributed by atoms with van der Waals surface area (Å²) in [5, 5.41) is 0.811. The lowest BCUT2D eigenvalue weighted by Crippen LogP contribution is -2.27. The molecular weight excluding hydrogens is 304 g/mol. The Kier molecular flexibility index (Phi) is 7.39. The summed E-state index contributed by atoms with van der Waals surface area (Å²) in [6.45, 7) is 5.30. The minimum absolute atomic E-state index is 0.473. The second kappa shape index (κ2) is 8.56. The van der Waals surface area contributed by atoms with Crippen LogP contribution in [0.3, 0.4) is 0 Å². The normalized spacial score (nSPS) is 11.2. The minimum Gasteiger partial charge on any atom is -0.379 e. The van der Waals surface area contributed by atoms with E-state index in [1.54, 1.807) is 0 Å². The van der Waals surface area contributed by atoms with Gasteiger partial charge in [-0.1, -0.05) is 28.9 Å². The van der Waals surface area contributed by atoms with Crippen molar-refractivity contribution in [2.45, 2.75) is 13.5 Å². The molecule has 102 valence electrons. The first-order chi connectivity index (χ1) is 8.67. The molecule has 0 N–H and O–H groups in total. The zero-order valence-corrected chi connectivity index (χ0v) is 12.1. The Morgan fingerprint density at radius 3 is 2.67 bits per heavy atom. The number of hydrogen-bond donors (Lipinski definition) is 0. The highest BCUT2D eigenvalue weighted by atomic mass is 79.9. The van der Waals surface area contributed by atoms with Crippen molar-refractivity contribution >= 4 is 15.9 Å². The zero-order valence-electron chi connectivity index (χ0n) is 10.5. The van der Waals surface area contributed by atoms with Gasteiger partial charge in [0.1, 0.15) is 11.6 Å². The molecular formula is C13H18BrF2NO. The molecule has 1 rings (SSSR count). The fourth-order valence-electron chi connectivity index (χ4n) is 1.59. The molecule has 1 aromatic rings. The predicted octanol–water partition coefficient (Wildman–Crippen LogP) is 3.20. The van der Waals surface area contributed by atoms with E-state index in [4.69, 9.17) is 4.74 Å². The second-order valence-corrected chi connectivity index (χ2v) is 4.70. The van der Waals surface area contributed by atoms with Gasteiger partial charge in [-0.3, -0.25) is 4.90 Å². The van der Waals surface area contributed by atoms with Crippen LogP contribution >= 0.6 is 15.9 Å². The molecule has 0 radical (unpaired) electrons. The highest BCUT2D eigenvalue weighted by Crippen LogP contribution is 2.12. The van der Waals surface area contributed by atoms with E-state index in [1.165, 1.54) is 12.1 Å². The standard InChI is InChI=1S/C13H18BrF2NO/c1-2-17(6-8-18-7-5-14)10-11-3-4-12(15)9-13(11)16/h3-4,9H,2,5-8,10H2,1H3. The number of alkyl halides is 1. The summed E-state index contributed by atoms with van der Waals surface area (Å²) in [6.07, 6.45) is 0. The van der Waals surface area contributed by atoms with Crippen LogP contribution < -0.4 is 0 Å².